The molecule has 0 saturated carbocycles. The largest absolute Gasteiger partial charge is 0.383 e. The molecule has 7 heteroatoms. The lowest BCUT2D eigenvalue weighted by Crippen LogP contribution is -2.22. The molecule has 0 saturated heterocycles. The highest BCUT2D eigenvalue weighted by Gasteiger charge is 2.11. The summed E-state index contributed by atoms with van der Waals surface area (Å²) in [6.07, 6.45) is 1.87. The summed E-state index contributed by atoms with van der Waals surface area (Å²) in [5, 5.41) is 12.7. The molecular weight excluding hydrogens is 336 g/mol. The summed E-state index contributed by atoms with van der Waals surface area (Å²) in [5.41, 5.74) is 4.73. The SMILES string of the molecule is Cn1ccc(-c2cc(-c3ccccc3)ccc2NCCS(N)(=O)=O)n1. The van der Waals surface area contributed by atoms with Gasteiger partial charge in [0.05, 0.1) is 11.4 Å². The van der Waals surface area contributed by atoms with Crippen LogP contribution in [0.2, 0.25) is 0 Å². The Morgan fingerprint density at radius 2 is 1.84 bits per heavy atom. The fraction of sp³-hybridized carbons (Fsp3) is 0.167. The summed E-state index contributed by atoms with van der Waals surface area (Å²) in [7, 11) is -1.64. The number of primary sulfonamides is 1. The van der Waals surface area contributed by atoms with Crippen LogP contribution in [0.4, 0.5) is 5.69 Å². The second kappa shape index (κ2) is 7.08. The van der Waals surface area contributed by atoms with E-state index in [0.717, 1.165) is 28.1 Å². The van der Waals surface area contributed by atoms with E-state index >= 15 is 0 Å². The van der Waals surface area contributed by atoms with Crippen LogP contribution in [0.5, 0.6) is 0 Å². The molecule has 6 nitrogen and oxygen atoms in total. The van der Waals surface area contributed by atoms with Crippen molar-refractivity contribution in [2.75, 3.05) is 17.6 Å². The van der Waals surface area contributed by atoms with Crippen LogP contribution in [-0.2, 0) is 17.1 Å². The number of nitrogens with zero attached hydrogens (tertiary/aromatic N) is 2. The van der Waals surface area contributed by atoms with E-state index in [9.17, 15) is 8.42 Å². The minimum absolute atomic E-state index is 0.130. The van der Waals surface area contributed by atoms with Crippen molar-refractivity contribution in [2.45, 2.75) is 0 Å². The van der Waals surface area contributed by atoms with Gasteiger partial charge in [0.2, 0.25) is 10.0 Å². The van der Waals surface area contributed by atoms with Crippen LogP contribution in [0.1, 0.15) is 0 Å². The molecule has 2 aromatic carbocycles. The van der Waals surface area contributed by atoms with Gasteiger partial charge in [0.1, 0.15) is 0 Å². The zero-order chi connectivity index (χ0) is 17.9. The summed E-state index contributed by atoms with van der Waals surface area (Å²) < 4.78 is 24.0. The molecule has 3 aromatic rings. The van der Waals surface area contributed by atoms with Crippen molar-refractivity contribution in [1.29, 1.82) is 0 Å². The third-order valence-corrected chi connectivity index (χ3v) is 4.59. The predicted octanol–water partition coefficient (Wildman–Crippen LogP) is 2.45. The smallest absolute Gasteiger partial charge is 0.210 e. The number of benzene rings is 2. The lowest BCUT2D eigenvalue weighted by Gasteiger charge is -2.13. The van der Waals surface area contributed by atoms with Crippen molar-refractivity contribution >= 4 is 15.7 Å². The molecule has 3 N–H and O–H groups in total. The fourth-order valence-electron chi connectivity index (χ4n) is 2.61. The van der Waals surface area contributed by atoms with Gasteiger partial charge in [-0.2, -0.15) is 5.10 Å². The first-order valence-corrected chi connectivity index (χ1v) is 9.58. The Hall–Kier alpha value is -2.64. The Balaban J connectivity index is 1.97. The standard InChI is InChI=1S/C18H20N4O2S/c1-22-11-9-18(21-22)16-13-15(14-5-3-2-4-6-14)7-8-17(16)20-10-12-25(19,23)24/h2-9,11,13,20H,10,12H2,1H3,(H2,19,23,24). The van der Waals surface area contributed by atoms with Crippen molar-refractivity contribution in [3.8, 4) is 22.4 Å². The Morgan fingerprint density at radius 1 is 1.08 bits per heavy atom. The van der Waals surface area contributed by atoms with E-state index in [0.29, 0.717) is 0 Å². The Morgan fingerprint density at radius 3 is 2.48 bits per heavy atom. The van der Waals surface area contributed by atoms with Gasteiger partial charge >= 0.3 is 0 Å². The lowest BCUT2D eigenvalue weighted by molar-refractivity contribution is 0.598. The number of aryl methyl sites for hydroxylation is 1. The minimum Gasteiger partial charge on any atom is -0.383 e. The lowest BCUT2D eigenvalue weighted by atomic mass is 10.00. The molecule has 3 rings (SSSR count). The van der Waals surface area contributed by atoms with Gasteiger partial charge in [0, 0.05) is 31.0 Å². The quantitative estimate of drug-likeness (QED) is 0.710. The summed E-state index contributed by atoms with van der Waals surface area (Å²) in [5.74, 6) is -0.130. The van der Waals surface area contributed by atoms with Gasteiger partial charge in [-0.05, 0) is 29.3 Å². The number of rotatable bonds is 6. The normalized spacial score (nSPS) is 11.4. The van der Waals surface area contributed by atoms with Crippen LogP contribution < -0.4 is 10.5 Å². The average molecular weight is 356 g/mol. The number of anilines is 1. The van der Waals surface area contributed by atoms with Crippen LogP contribution in [0.15, 0.2) is 60.8 Å². The monoisotopic (exact) mass is 356 g/mol. The fourth-order valence-corrected chi connectivity index (χ4v) is 2.99. The summed E-state index contributed by atoms with van der Waals surface area (Å²) in [4.78, 5) is 0. The number of nitrogens with one attached hydrogen (secondary N) is 1. The molecule has 130 valence electrons. The summed E-state index contributed by atoms with van der Waals surface area (Å²) in [6.45, 7) is 0.239. The van der Waals surface area contributed by atoms with E-state index < -0.39 is 10.0 Å². The highest BCUT2D eigenvalue weighted by molar-refractivity contribution is 7.89. The second-order valence-electron chi connectivity index (χ2n) is 5.79. The molecule has 0 bridgehead atoms. The van der Waals surface area contributed by atoms with Gasteiger partial charge in [-0.25, -0.2) is 13.6 Å². The third-order valence-electron chi connectivity index (χ3n) is 3.82. The Labute approximate surface area is 147 Å². The first-order valence-electron chi connectivity index (χ1n) is 7.86. The van der Waals surface area contributed by atoms with Gasteiger partial charge in [0.15, 0.2) is 0 Å². The zero-order valence-corrected chi connectivity index (χ0v) is 14.7. The Kier molecular flexibility index (Phi) is 4.87. The molecule has 0 aliphatic rings. The molecule has 1 heterocycles. The maximum absolute atomic E-state index is 11.1. The minimum atomic E-state index is -3.50. The molecular formula is C18H20N4O2S. The first-order chi connectivity index (χ1) is 11.9. The molecule has 0 aliphatic heterocycles. The second-order valence-corrected chi connectivity index (χ2v) is 7.53. The van der Waals surface area contributed by atoms with Crippen molar-refractivity contribution in [3.63, 3.8) is 0 Å². The predicted molar refractivity (Wildman–Crippen MR) is 101 cm³/mol. The van der Waals surface area contributed by atoms with E-state index in [-0.39, 0.29) is 12.3 Å². The number of hydrogen-bond acceptors (Lipinski definition) is 4. The maximum atomic E-state index is 11.1. The summed E-state index contributed by atoms with van der Waals surface area (Å²) in [6, 6.07) is 18.0. The number of aromatic nitrogens is 2. The molecule has 0 unspecified atom stereocenters. The number of hydrogen-bond donors (Lipinski definition) is 2. The van der Waals surface area contributed by atoms with E-state index in [1.165, 1.54) is 0 Å². The van der Waals surface area contributed by atoms with Crippen LogP contribution >= 0.6 is 0 Å². The molecule has 0 amide bonds. The molecule has 0 radical (unpaired) electrons. The van der Waals surface area contributed by atoms with E-state index in [4.69, 9.17) is 5.14 Å². The van der Waals surface area contributed by atoms with E-state index in [1.54, 1.807) is 4.68 Å². The van der Waals surface area contributed by atoms with Gasteiger partial charge in [-0.1, -0.05) is 36.4 Å². The van der Waals surface area contributed by atoms with Crippen LogP contribution in [-0.4, -0.2) is 30.5 Å². The van der Waals surface area contributed by atoms with E-state index in [2.05, 4.69) is 16.5 Å². The van der Waals surface area contributed by atoms with Gasteiger partial charge in [0.25, 0.3) is 0 Å². The summed E-state index contributed by atoms with van der Waals surface area (Å²) >= 11 is 0. The van der Waals surface area contributed by atoms with E-state index in [1.807, 2.05) is 61.8 Å². The van der Waals surface area contributed by atoms with Gasteiger partial charge in [-0.15, -0.1) is 0 Å². The number of sulfonamides is 1. The first kappa shape index (κ1) is 17.2. The molecule has 1 aromatic heterocycles. The maximum Gasteiger partial charge on any atom is 0.210 e. The highest BCUT2D eigenvalue weighted by Crippen LogP contribution is 2.31. The third kappa shape index (κ3) is 4.46. The van der Waals surface area contributed by atoms with Crippen LogP contribution in [0.25, 0.3) is 22.4 Å². The van der Waals surface area contributed by atoms with Crippen LogP contribution in [0.3, 0.4) is 0 Å². The van der Waals surface area contributed by atoms with Crippen molar-refractivity contribution in [2.24, 2.45) is 12.2 Å². The van der Waals surface area contributed by atoms with Crippen molar-refractivity contribution in [1.82, 2.24) is 9.78 Å². The molecule has 0 atom stereocenters. The average Bonchev–Trinajstić information content (AvgIpc) is 3.01. The molecule has 25 heavy (non-hydrogen) atoms. The zero-order valence-electron chi connectivity index (χ0n) is 13.9. The Bertz CT molecular complexity index is 966. The number of nitrogens with two attached hydrogens (primary N) is 1. The van der Waals surface area contributed by atoms with Crippen molar-refractivity contribution in [3.05, 3.63) is 60.8 Å². The van der Waals surface area contributed by atoms with Crippen LogP contribution in [0, 0.1) is 0 Å². The molecule has 0 spiro atoms. The van der Waals surface area contributed by atoms with Gasteiger partial charge < -0.3 is 5.32 Å². The topological polar surface area (TPSA) is 90.0 Å². The van der Waals surface area contributed by atoms with Crippen molar-refractivity contribution < 1.29 is 8.42 Å². The molecule has 0 aliphatic carbocycles. The highest BCUT2D eigenvalue weighted by atomic mass is 32.2. The van der Waals surface area contributed by atoms with Gasteiger partial charge in [-0.3, -0.25) is 4.68 Å². The molecule has 0 fully saturated rings.